The van der Waals surface area contributed by atoms with Crippen molar-refractivity contribution in [2.24, 2.45) is 5.92 Å². The molecule has 134 valence electrons. The van der Waals surface area contributed by atoms with Crippen molar-refractivity contribution in [3.8, 4) is 5.75 Å². The van der Waals surface area contributed by atoms with Crippen LogP contribution in [0.4, 0.5) is 10.5 Å². The molecular formula is C18H19Br2NO4. The summed E-state index contributed by atoms with van der Waals surface area (Å²) in [5.41, 5.74) is 1.08. The highest BCUT2D eigenvalue weighted by Crippen LogP contribution is 2.36. The molecule has 25 heavy (non-hydrogen) atoms. The highest BCUT2D eigenvalue weighted by atomic mass is 79.9. The van der Waals surface area contributed by atoms with E-state index in [-0.39, 0.29) is 18.3 Å². The van der Waals surface area contributed by atoms with Gasteiger partial charge >= 0.3 is 6.09 Å². The van der Waals surface area contributed by atoms with Gasteiger partial charge in [-0.05, 0) is 54.8 Å². The Labute approximate surface area is 163 Å². The van der Waals surface area contributed by atoms with Crippen LogP contribution in [0.3, 0.4) is 0 Å². The van der Waals surface area contributed by atoms with Crippen molar-refractivity contribution in [1.29, 1.82) is 0 Å². The summed E-state index contributed by atoms with van der Waals surface area (Å²) in [7, 11) is 0. The summed E-state index contributed by atoms with van der Waals surface area (Å²) in [6, 6.07) is 12.1. The molecule has 0 aromatic heterocycles. The van der Waals surface area contributed by atoms with Gasteiger partial charge in [-0.25, -0.2) is 4.79 Å². The Kier molecular flexibility index (Phi) is 7.28. The van der Waals surface area contributed by atoms with Gasteiger partial charge in [0.15, 0.2) is 0 Å². The molecule has 0 aliphatic heterocycles. The number of phenols is 1. The molecule has 5 nitrogen and oxygen atoms in total. The quantitative estimate of drug-likeness (QED) is 0.538. The molecule has 0 fully saturated rings. The summed E-state index contributed by atoms with van der Waals surface area (Å²) in [5.74, 6) is -0.143. The maximum Gasteiger partial charge on any atom is 0.412 e. The van der Waals surface area contributed by atoms with Crippen molar-refractivity contribution < 1.29 is 19.7 Å². The molecule has 7 heteroatoms. The van der Waals surface area contributed by atoms with Crippen LogP contribution in [0.5, 0.6) is 5.75 Å². The lowest BCUT2D eigenvalue weighted by Crippen LogP contribution is -2.22. The largest absolute Gasteiger partial charge is 0.508 e. The first kappa shape index (κ1) is 19.8. The third-order valence-corrected chi connectivity index (χ3v) is 4.74. The number of hydrogen-bond acceptors (Lipinski definition) is 4. The van der Waals surface area contributed by atoms with Crippen molar-refractivity contribution in [2.45, 2.75) is 19.4 Å². The van der Waals surface area contributed by atoms with Gasteiger partial charge in [0.2, 0.25) is 0 Å². The fourth-order valence-electron chi connectivity index (χ4n) is 2.39. The molecule has 1 amide bonds. The van der Waals surface area contributed by atoms with Gasteiger partial charge in [-0.3, -0.25) is 5.32 Å². The van der Waals surface area contributed by atoms with Gasteiger partial charge < -0.3 is 14.9 Å². The number of carbonyl (C=O) groups is 1. The fourth-order valence-corrected chi connectivity index (χ4v) is 3.03. The van der Waals surface area contributed by atoms with Crippen LogP contribution in [-0.2, 0) is 4.74 Å². The van der Waals surface area contributed by atoms with E-state index in [2.05, 4.69) is 37.2 Å². The summed E-state index contributed by atoms with van der Waals surface area (Å²) in [6.07, 6.45) is -0.890. The highest BCUT2D eigenvalue weighted by Gasteiger charge is 2.26. The molecule has 0 saturated carbocycles. The van der Waals surface area contributed by atoms with Crippen molar-refractivity contribution in [3.05, 3.63) is 57.0 Å². The van der Waals surface area contributed by atoms with E-state index in [1.807, 2.05) is 19.1 Å². The van der Waals surface area contributed by atoms with E-state index in [4.69, 9.17) is 4.74 Å². The summed E-state index contributed by atoms with van der Waals surface area (Å²) >= 11 is 6.69. The number of aliphatic hydroxyl groups is 1. The number of ether oxygens (including phenoxy) is 1. The van der Waals surface area contributed by atoms with E-state index < -0.39 is 12.2 Å². The number of anilines is 1. The van der Waals surface area contributed by atoms with Crippen LogP contribution < -0.4 is 5.32 Å². The van der Waals surface area contributed by atoms with E-state index in [1.165, 1.54) is 6.07 Å². The molecule has 3 N–H and O–H groups in total. The first-order valence-corrected chi connectivity index (χ1v) is 9.31. The summed E-state index contributed by atoms with van der Waals surface area (Å²) in [6.45, 7) is 1.82. The van der Waals surface area contributed by atoms with Gasteiger partial charge in [-0.15, -0.1) is 0 Å². The number of aliphatic hydroxyl groups excluding tert-OH is 1. The van der Waals surface area contributed by atoms with Gasteiger partial charge in [-0.2, -0.15) is 0 Å². The van der Waals surface area contributed by atoms with Crippen molar-refractivity contribution in [2.75, 3.05) is 11.9 Å². The van der Waals surface area contributed by atoms with E-state index in [9.17, 15) is 15.0 Å². The number of rotatable bonds is 6. The van der Waals surface area contributed by atoms with Crippen molar-refractivity contribution in [1.82, 2.24) is 0 Å². The molecule has 0 aliphatic rings. The normalized spacial score (nSPS) is 13.1. The molecule has 2 aromatic rings. The third kappa shape index (κ3) is 5.73. The summed E-state index contributed by atoms with van der Waals surface area (Å²) in [5, 5.41) is 22.0. The second-order valence-corrected chi connectivity index (χ2v) is 7.48. The van der Waals surface area contributed by atoms with Gasteiger partial charge in [0.25, 0.3) is 0 Å². The van der Waals surface area contributed by atoms with Gasteiger partial charge in [0.05, 0.1) is 0 Å². The minimum atomic E-state index is -0.694. The Morgan fingerprint density at radius 1 is 1.16 bits per heavy atom. The number of aromatic hydroxyl groups is 1. The SMILES string of the molecule is C[C@H](CCO)[C@@H](OC(=O)Nc1ccc(Br)cc1)c1cc(Br)ccc1O. The molecule has 2 aromatic carbocycles. The van der Waals surface area contributed by atoms with Gasteiger partial charge in [-0.1, -0.05) is 38.8 Å². The first-order chi connectivity index (χ1) is 11.9. The second-order valence-electron chi connectivity index (χ2n) is 5.65. The molecule has 0 heterocycles. The number of carbonyl (C=O) groups excluding carboxylic acids is 1. The Hall–Kier alpha value is -1.57. The predicted molar refractivity (Wildman–Crippen MR) is 104 cm³/mol. The van der Waals surface area contributed by atoms with Crippen LogP contribution in [0.15, 0.2) is 51.4 Å². The van der Waals surface area contributed by atoms with Crippen molar-refractivity contribution in [3.63, 3.8) is 0 Å². The topological polar surface area (TPSA) is 78.8 Å². The second kappa shape index (κ2) is 9.22. The molecule has 0 aliphatic carbocycles. The molecular weight excluding hydrogens is 454 g/mol. The number of halogens is 2. The maximum atomic E-state index is 12.3. The predicted octanol–water partition coefficient (Wildman–Crippen LogP) is 5.23. The van der Waals surface area contributed by atoms with Crippen LogP contribution in [0.2, 0.25) is 0 Å². The molecule has 2 rings (SSSR count). The van der Waals surface area contributed by atoms with E-state index in [0.29, 0.717) is 17.7 Å². The first-order valence-electron chi connectivity index (χ1n) is 7.73. The standard InChI is InChI=1S/C18H19Br2NO4/c1-11(8-9-22)17(15-10-13(20)4-7-16(15)23)25-18(24)21-14-5-2-12(19)3-6-14/h2-7,10-11,17,22-23H,8-9H2,1H3,(H,21,24)/t11-,17-/m1/s1. The molecule has 2 atom stereocenters. The number of nitrogens with one attached hydrogen (secondary N) is 1. The monoisotopic (exact) mass is 471 g/mol. The number of phenolic OH excluding ortho intramolecular Hbond substituents is 1. The number of hydrogen-bond donors (Lipinski definition) is 3. The molecule has 0 unspecified atom stereocenters. The van der Waals surface area contributed by atoms with Gasteiger partial charge in [0.1, 0.15) is 11.9 Å². The van der Waals surface area contributed by atoms with E-state index in [0.717, 1.165) is 8.95 Å². The minimum absolute atomic E-state index is 0.0365. The van der Waals surface area contributed by atoms with E-state index >= 15 is 0 Å². The molecule has 0 bridgehead atoms. The molecule has 0 spiro atoms. The molecule has 0 radical (unpaired) electrons. The van der Waals surface area contributed by atoms with Crippen LogP contribution >= 0.6 is 31.9 Å². The Bertz CT molecular complexity index is 722. The lowest BCUT2D eigenvalue weighted by atomic mass is 9.94. The Morgan fingerprint density at radius 3 is 2.44 bits per heavy atom. The van der Waals surface area contributed by atoms with Crippen LogP contribution in [0.1, 0.15) is 25.0 Å². The third-order valence-electron chi connectivity index (χ3n) is 3.72. The van der Waals surface area contributed by atoms with Crippen LogP contribution in [-0.4, -0.2) is 22.9 Å². The Morgan fingerprint density at radius 2 is 1.80 bits per heavy atom. The minimum Gasteiger partial charge on any atom is -0.508 e. The lowest BCUT2D eigenvalue weighted by Gasteiger charge is -2.25. The zero-order valence-electron chi connectivity index (χ0n) is 13.6. The average molecular weight is 473 g/mol. The zero-order valence-corrected chi connectivity index (χ0v) is 16.7. The van der Waals surface area contributed by atoms with Crippen molar-refractivity contribution >= 4 is 43.6 Å². The van der Waals surface area contributed by atoms with E-state index in [1.54, 1.807) is 24.3 Å². The highest BCUT2D eigenvalue weighted by molar-refractivity contribution is 9.10. The summed E-state index contributed by atoms with van der Waals surface area (Å²) < 4.78 is 7.23. The van der Waals surface area contributed by atoms with Gasteiger partial charge in [0, 0.05) is 26.8 Å². The summed E-state index contributed by atoms with van der Waals surface area (Å²) in [4.78, 5) is 12.3. The zero-order chi connectivity index (χ0) is 18.4. The molecule has 0 saturated heterocycles. The van der Waals surface area contributed by atoms with Crippen LogP contribution in [0.25, 0.3) is 0 Å². The Balaban J connectivity index is 2.19. The maximum absolute atomic E-state index is 12.3. The number of amides is 1. The average Bonchev–Trinajstić information content (AvgIpc) is 2.57. The number of benzene rings is 2. The lowest BCUT2D eigenvalue weighted by molar-refractivity contribution is 0.0652. The smallest absolute Gasteiger partial charge is 0.412 e. The fraction of sp³-hybridized carbons (Fsp3) is 0.278. The van der Waals surface area contributed by atoms with Crippen LogP contribution in [0, 0.1) is 5.92 Å².